The number of carbonyl (C=O) groups is 1. The summed E-state index contributed by atoms with van der Waals surface area (Å²) in [6.07, 6.45) is 0. The maximum Gasteiger partial charge on any atom is 0.326 e. The van der Waals surface area contributed by atoms with E-state index in [1.165, 1.54) is 18.2 Å². The number of carbonyl (C=O) groups excluding carboxylic acids is 1. The highest BCUT2D eigenvalue weighted by Crippen LogP contribution is 2.30. The van der Waals surface area contributed by atoms with Gasteiger partial charge in [-0.2, -0.15) is 0 Å². The van der Waals surface area contributed by atoms with Crippen molar-refractivity contribution in [3.63, 3.8) is 0 Å². The molecular weight excluding hydrogens is 1130 g/mol. The minimum absolute atomic E-state index is 0.00865. The number of aryl methyl sites for hydroxylation is 3. The van der Waals surface area contributed by atoms with Crippen LogP contribution < -0.4 is 14.2 Å². The Labute approximate surface area is 467 Å². The summed E-state index contributed by atoms with van der Waals surface area (Å²) in [5, 5.41) is 19.5. The third-order valence-electron chi connectivity index (χ3n) is 12.3. The van der Waals surface area contributed by atoms with Gasteiger partial charge in [-0.05, 0) is 156 Å². The summed E-state index contributed by atoms with van der Waals surface area (Å²) in [4.78, 5) is 25.5. The summed E-state index contributed by atoms with van der Waals surface area (Å²) < 4.78 is 94.3. The zero-order valence-electron chi connectivity index (χ0n) is 43.3. The molecule has 0 fully saturated rings. The van der Waals surface area contributed by atoms with E-state index in [4.69, 9.17) is 44.6 Å². The fourth-order valence-corrected chi connectivity index (χ4v) is 13.1. The lowest BCUT2D eigenvalue weighted by atomic mass is 10.2. The van der Waals surface area contributed by atoms with Gasteiger partial charge in [0.05, 0.1) is 84.7 Å². The average molecular weight is 1180 g/mol. The maximum atomic E-state index is 12.7. The van der Waals surface area contributed by atoms with Crippen molar-refractivity contribution in [3.8, 4) is 0 Å². The summed E-state index contributed by atoms with van der Waals surface area (Å²) >= 11 is 18.1. The number of sulfonamides is 3. The van der Waals surface area contributed by atoms with Crippen molar-refractivity contribution in [2.24, 2.45) is 0 Å². The van der Waals surface area contributed by atoms with E-state index in [-0.39, 0.29) is 40.4 Å². The molecule has 0 unspecified atom stereocenters. The fourth-order valence-electron chi connectivity index (χ4n) is 8.50. The third kappa shape index (κ3) is 13.2. The molecule has 3 heterocycles. The highest BCUT2D eigenvalue weighted by atomic mass is 35.5. The zero-order valence-corrected chi connectivity index (χ0v) is 48.1. The highest BCUT2D eigenvalue weighted by molar-refractivity contribution is 7.93. The van der Waals surface area contributed by atoms with Crippen molar-refractivity contribution < 1.29 is 45.0 Å². The number of imidazole rings is 3. The van der Waals surface area contributed by atoms with Crippen molar-refractivity contribution in [3.05, 3.63) is 158 Å². The van der Waals surface area contributed by atoms with Crippen LogP contribution in [0.5, 0.6) is 0 Å². The number of hydrogen-bond donors (Lipinski definition) is 5. The van der Waals surface area contributed by atoms with Gasteiger partial charge in [-0.25, -0.2) is 40.2 Å². The van der Waals surface area contributed by atoms with Crippen molar-refractivity contribution in [1.82, 2.24) is 28.7 Å². The molecule has 0 spiro atoms. The van der Waals surface area contributed by atoms with Crippen molar-refractivity contribution in [2.45, 2.75) is 82.8 Å². The van der Waals surface area contributed by atoms with Gasteiger partial charge in [0.2, 0.25) is 0 Å². The van der Waals surface area contributed by atoms with E-state index in [1.807, 2.05) is 23.0 Å². The van der Waals surface area contributed by atoms with Crippen LogP contribution >= 0.6 is 34.8 Å². The van der Waals surface area contributed by atoms with Crippen LogP contribution in [0.25, 0.3) is 33.1 Å². The van der Waals surface area contributed by atoms with Crippen LogP contribution in [0.1, 0.15) is 41.1 Å². The molecule has 5 N–H and O–H groups in total. The molecule has 78 heavy (non-hydrogen) atoms. The van der Waals surface area contributed by atoms with Crippen molar-refractivity contribution in [2.75, 3.05) is 34.0 Å². The molecule has 0 amide bonds. The van der Waals surface area contributed by atoms with Gasteiger partial charge in [0.1, 0.15) is 24.0 Å². The zero-order chi connectivity index (χ0) is 56.9. The molecular formula is C53H56Cl3N9O10S3. The fraction of sp³-hybridized carbons (Fsp3) is 0.245. The molecule has 0 atom stereocenters. The topological polar surface area (TPSA) is 259 Å². The third-order valence-corrected chi connectivity index (χ3v) is 18.1. The number of hydrogen-bond acceptors (Lipinski definition) is 13. The van der Waals surface area contributed by atoms with Crippen LogP contribution in [0.2, 0.25) is 15.1 Å². The monoisotopic (exact) mass is 1180 g/mol. The largest absolute Gasteiger partial charge is 0.465 e. The number of benzene rings is 6. The van der Waals surface area contributed by atoms with E-state index < -0.39 is 30.1 Å². The van der Waals surface area contributed by atoms with Crippen LogP contribution in [-0.2, 0) is 59.2 Å². The van der Waals surface area contributed by atoms with Crippen molar-refractivity contribution in [1.29, 1.82) is 0 Å². The first kappa shape index (κ1) is 58.9. The van der Waals surface area contributed by atoms with Crippen molar-refractivity contribution >= 4 is 121 Å². The number of anilines is 3. The molecule has 9 rings (SSSR count). The van der Waals surface area contributed by atoms with E-state index in [1.54, 1.807) is 130 Å². The maximum absolute atomic E-state index is 12.7. The van der Waals surface area contributed by atoms with E-state index >= 15 is 0 Å². The minimum Gasteiger partial charge on any atom is -0.465 e. The Kier molecular flexibility index (Phi) is 18.5. The van der Waals surface area contributed by atoms with Crippen LogP contribution in [0.4, 0.5) is 17.1 Å². The molecule has 3 aromatic heterocycles. The minimum atomic E-state index is -3.81. The Bertz CT molecular complexity index is 4070. The number of rotatable bonds is 16. The number of aliphatic hydroxyl groups excluding tert-OH is 2. The predicted molar refractivity (Wildman–Crippen MR) is 305 cm³/mol. The molecule has 0 aliphatic carbocycles. The average Bonchev–Trinajstić information content (AvgIpc) is 4.02. The Morgan fingerprint density at radius 2 is 0.859 bits per heavy atom. The molecule has 0 aliphatic rings. The van der Waals surface area contributed by atoms with E-state index in [2.05, 4.69) is 29.1 Å². The standard InChI is InChI=1S/C19H20ClN3O4S.2C17H18ClN3O3S/c1-4-27-19(24)11-23-13(3)21-16-10-14(8-9-17(16)23)22-28(25,26)18-7-5-6-15(20)12(18)2;1-11-14(18)4-3-5-17(11)25(23,24)20-13-6-7-16-15(10-13)19-12(2)21(16)8-9-22;1-11-14(18)4-3-5-17(11)25(23,24)20-13-6-7-15-16(10-13)21(8-9-22)12(2)19-15/h5-10,22H,4,11H2,1-3H3;2*3-7,10,20,22H,8-9H2,1-2H3. The normalized spacial score (nSPS) is 11.7. The summed E-state index contributed by atoms with van der Waals surface area (Å²) in [5.74, 6) is 1.80. The second-order valence-electron chi connectivity index (χ2n) is 17.6. The molecule has 6 aromatic carbocycles. The second-order valence-corrected chi connectivity index (χ2v) is 23.8. The Hall–Kier alpha value is -6.76. The lowest BCUT2D eigenvalue weighted by Crippen LogP contribution is -2.15. The number of nitrogens with zero attached hydrogens (tertiary/aromatic N) is 6. The molecule has 19 nitrogen and oxygen atoms in total. The van der Waals surface area contributed by atoms with Crippen LogP contribution in [0, 0.1) is 41.5 Å². The van der Waals surface area contributed by atoms with Gasteiger partial charge in [-0.3, -0.25) is 19.0 Å². The number of fused-ring (bicyclic) bond motifs is 3. The number of esters is 1. The molecule has 25 heteroatoms. The van der Waals surface area contributed by atoms with Gasteiger partial charge in [0.25, 0.3) is 30.1 Å². The summed E-state index contributed by atoms with van der Waals surface area (Å²) in [7, 11) is -11.3. The molecule has 0 saturated heterocycles. The first-order valence-corrected chi connectivity index (χ1v) is 29.6. The highest BCUT2D eigenvalue weighted by Gasteiger charge is 2.23. The van der Waals surface area contributed by atoms with Crippen LogP contribution in [0.15, 0.2) is 124 Å². The Morgan fingerprint density at radius 3 is 1.27 bits per heavy atom. The number of halogens is 3. The van der Waals surface area contributed by atoms with Gasteiger partial charge in [-0.15, -0.1) is 0 Å². The Morgan fingerprint density at radius 1 is 0.500 bits per heavy atom. The molecule has 0 radical (unpaired) electrons. The molecule has 0 aliphatic heterocycles. The second kappa shape index (κ2) is 24.5. The summed E-state index contributed by atoms with van der Waals surface area (Å²) in [6, 6.07) is 29.5. The first-order valence-electron chi connectivity index (χ1n) is 24.0. The van der Waals surface area contributed by atoms with E-state index in [9.17, 15) is 35.2 Å². The lowest BCUT2D eigenvalue weighted by Gasteiger charge is -2.12. The number of nitrogens with one attached hydrogen (secondary N) is 3. The van der Waals surface area contributed by atoms with E-state index in [0.717, 1.165) is 28.2 Å². The van der Waals surface area contributed by atoms with Gasteiger partial charge < -0.3 is 28.7 Å². The summed E-state index contributed by atoms with van der Waals surface area (Å²) in [5.41, 5.74) is 6.98. The van der Waals surface area contributed by atoms with E-state index in [0.29, 0.717) is 90.9 Å². The summed E-state index contributed by atoms with van der Waals surface area (Å²) in [6.45, 7) is 13.4. The smallest absolute Gasteiger partial charge is 0.326 e. The van der Waals surface area contributed by atoms with Gasteiger partial charge >= 0.3 is 5.97 Å². The van der Waals surface area contributed by atoms with Gasteiger partial charge in [0, 0.05) is 28.2 Å². The lowest BCUT2D eigenvalue weighted by molar-refractivity contribution is -0.143. The Balaban J connectivity index is 0.000000170. The number of aliphatic hydroxyl groups is 2. The van der Waals surface area contributed by atoms with Gasteiger partial charge in [-0.1, -0.05) is 53.0 Å². The molecule has 412 valence electrons. The predicted octanol–water partition coefficient (Wildman–Crippen LogP) is 9.87. The SMILES string of the molecule is CCOC(=O)Cn1c(C)nc2cc(NS(=O)(=O)c3cccc(Cl)c3C)ccc21.Cc1c(Cl)cccc1S(=O)(=O)Nc1ccc2c(c1)nc(C)n2CCO.Cc1c(Cl)cccc1S(=O)(=O)Nc1ccc2nc(C)n(CCO)c2c1. The molecule has 0 saturated carbocycles. The number of aromatic nitrogens is 6. The first-order chi connectivity index (χ1) is 36.9. The van der Waals surface area contributed by atoms with Crippen LogP contribution in [-0.4, -0.2) is 89.9 Å². The van der Waals surface area contributed by atoms with Crippen LogP contribution in [0.3, 0.4) is 0 Å². The number of ether oxygens (including phenoxy) is 1. The molecule has 9 aromatic rings. The quantitative estimate of drug-likeness (QED) is 0.0565. The van der Waals surface area contributed by atoms with Gasteiger partial charge in [0.15, 0.2) is 0 Å². The molecule has 0 bridgehead atoms.